The Labute approximate surface area is 171 Å². The van der Waals surface area contributed by atoms with E-state index in [4.69, 9.17) is 9.97 Å². The number of fused-ring (bicyclic) bond motifs is 1. The smallest absolute Gasteiger partial charge is 0.222 e. The third kappa shape index (κ3) is 3.81. The lowest BCUT2D eigenvalue weighted by atomic mass is 10.2. The van der Waals surface area contributed by atoms with Crippen molar-refractivity contribution in [2.24, 2.45) is 0 Å². The average Bonchev–Trinajstić information content (AvgIpc) is 3.02. The number of anilines is 1. The van der Waals surface area contributed by atoms with E-state index in [9.17, 15) is 4.79 Å². The number of rotatable bonds is 4. The molecular formula is C22H28N6O. The van der Waals surface area contributed by atoms with Crippen LogP contribution in [0.1, 0.15) is 45.4 Å². The van der Waals surface area contributed by atoms with Crippen LogP contribution in [0.4, 0.5) is 5.82 Å². The Bertz CT molecular complexity index is 997. The summed E-state index contributed by atoms with van der Waals surface area (Å²) >= 11 is 0. The van der Waals surface area contributed by atoms with E-state index >= 15 is 0 Å². The number of carbonyl (C=O) groups excluding carboxylic acids is 1. The van der Waals surface area contributed by atoms with Gasteiger partial charge in [0.05, 0.1) is 17.3 Å². The van der Waals surface area contributed by atoms with E-state index < -0.39 is 0 Å². The summed E-state index contributed by atoms with van der Waals surface area (Å²) < 4.78 is 1.89. The van der Waals surface area contributed by atoms with Gasteiger partial charge in [0.15, 0.2) is 5.65 Å². The van der Waals surface area contributed by atoms with E-state index in [2.05, 4.69) is 23.8 Å². The number of nitrogens with zero attached hydrogens (tertiary/aromatic N) is 6. The van der Waals surface area contributed by atoms with Crippen molar-refractivity contribution in [2.45, 2.75) is 39.5 Å². The SMILES string of the molecule is CCC(=O)N1CCCN(c2nc(C(C)C)nc3c2cnn3-c2ccccc2)CC1. The Balaban J connectivity index is 1.76. The molecule has 1 aliphatic heterocycles. The van der Waals surface area contributed by atoms with E-state index in [1.165, 1.54) is 0 Å². The lowest BCUT2D eigenvalue weighted by Crippen LogP contribution is -2.35. The quantitative estimate of drug-likeness (QED) is 0.681. The fourth-order valence-electron chi connectivity index (χ4n) is 3.77. The van der Waals surface area contributed by atoms with Crippen LogP contribution < -0.4 is 4.90 Å². The zero-order valence-electron chi connectivity index (χ0n) is 17.4. The van der Waals surface area contributed by atoms with Gasteiger partial charge in [-0.3, -0.25) is 4.79 Å². The minimum atomic E-state index is 0.211. The summed E-state index contributed by atoms with van der Waals surface area (Å²) in [7, 11) is 0. The molecule has 0 N–H and O–H groups in total. The van der Waals surface area contributed by atoms with Gasteiger partial charge in [0.2, 0.25) is 5.91 Å². The van der Waals surface area contributed by atoms with E-state index in [1.807, 2.05) is 53.0 Å². The molecule has 0 bridgehead atoms. The monoisotopic (exact) mass is 392 g/mol. The predicted molar refractivity (Wildman–Crippen MR) is 114 cm³/mol. The van der Waals surface area contributed by atoms with Gasteiger partial charge in [-0.25, -0.2) is 14.6 Å². The molecule has 3 aromatic rings. The Kier molecular flexibility index (Phi) is 5.47. The standard InChI is InChI=1S/C22H28N6O/c1-4-19(29)26-11-8-12-27(14-13-26)21-18-15-23-28(17-9-6-5-7-10-17)22(18)25-20(24-21)16(2)3/h5-7,9-10,15-16H,4,8,11-14H2,1-3H3. The Hall–Kier alpha value is -2.96. The summed E-state index contributed by atoms with van der Waals surface area (Å²) in [6.07, 6.45) is 3.35. The fourth-order valence-corrected chi connectivity index (χ4v) is 3.77. The highest BCUT2D eigenvalue weighted by atomic mass is 16.2. The number of aromatic nitrogens is 4. The molecule has 1 amide bonds. The lowest BCUT2D eigenvalue weighted by Gasteiger charge is -2.24. The van der Waals surface area contributed by atoms with E-state index in [0.29, 0.717) is 6.42 Å². The molecule has 2 aromatic heterocycles. The second kappa shape index (κ2) is 8.19. The maximum atomic E-state index is 12.1. The van der Waals surface area contributed by atoms with Crippen LogP contribution in [-0.4, -0.2) is 56.7 Å². The molecule has 0 aliphatic carbocycles. The van der Waals surface area contributed by atoms with Crippen molar-refractivity contribution in [3.63, 3.8) is 0 Å². The number of benzene rings is 1. The van der Waals surface area contributed by atoms with Crippen LogP contribution in [0.15, 0.2) is 36.5 Å². The summed E-state index contributed by atoms with van der Waals surface area (Å²) in [5.74, 6) is 2.17. The number of carbonyl (C=O) groups is 1. The van der Waals surface area contributed by atoms with Crippen molar-refractivity contribution in [2.75, 3.05) is 31.1 Å². The molecule has 0 unspecified atom stereocenters. The highest BCUT2D eigenvalue weighted by Crippen LogP contribution is 2.28. The van der Waals surface area contributed by atoms with Gasteiger partial charge in [-0.15, -0.1) is 0 Å². The molecule has 4 rings (SSSR count). The van der Waals surface area contributed by atoms with E-state index in [1.54, 1.807) is 0 Å². The third-order valence-electron chi connectivity index (χ3n) is 5.39. The summed E-state index contributed by atoms with van der Waals surface area (Å²) in [6, 6.07) is 10.1. The number of amides is 1. The van der Waals surface area contributed by atoms with Gasteiger partial charge in [-0.1, -0.05) is 39.0 Å². The number of hydrogen-bond acceptors (Lipinski definition) is 5. The molecule has 1 fully saturated rings. The van der Waals surface area contributed by atoms with Crippen LogP contribution in [0.3, 0.4) is 0 Å². The Morgan fingerprint density at radius 2 is 1.86 bits per heavy atom. The summed E-state index contributed by atoms with van der Waals surface area (Å²) in [6.45, 7) is 9.31. The second-order valence-corrected chi connectivity index (χ2v) is 7.76. The summed E-state index contributed by atoms with van der Waals surface area (Å²) in [5.41, 5.74) is 1.81. The second-order valence-electron chi connectivity index (χ2n) is 7.76. The van der Waals surface area contributed by atoms with Gasteiger partial charge in [0.25, 0.3) is 0 Å². The minimum absolute atomic E-state index is 0.211. The number of para-hydroxylation sites is 1. The minimum Gasteiger partial charge on any atom is -0.354 e. The van der Waals surface area contributed by atoms with Crippen LogP contribution in [0.2, 0.25) is 0 Å². The first-order valence-electron chi connectivity index (χ1n) is 10.4. The fraction of sp³-hybridized carbons (Fsp3) is 0.455. The topological polar surface area (TPSA) is 67.2 Å². The highest BCUT2D eigenvalue weighted by molar-refractivity contribution is 5.88. The van der Waals surface area contributed by atoms with Gasteiger partial charge < -0.3 is 9.80 Å². The molecule has 7 heteroatoms. The molecule has 1 aliphatic rings. The first-order chi connectivity index (χ1) is 14.1. The van der Waals surface area contributed by atoms with E-state index in [0.717, 1.165) is 61.0 Å². The van der Waals surface area contributed by atoms with Gasteiger partial charge in [0.1, 0.15) is 11.6 Å². The summed E-state index contributed by atoms with van der Waals surface area (Å²) in [5, 5.41) is 5.58. The molecule has 0 saturated carbocycles. The van der Waals surface area contributed by atoms with Crippen molar-refractivity contribution in [1.29, 1.82) is 0 Å². The molecule has 0 spiro atoms. The first-order valence-corrected chi connectivity index (χ1v) is 10.4. The molecule has 1 aromatic carbocycles. The van der Waals surface area contributed by atoms with Crippen molar-refractivity contribution in [3.8, 4) is 5.69 Å². The van der Waals surface area contributed by atoms with Crippen molar-refractivity contribution >= 4 is 22.8 Å². The molecule has 29 heavy (non-hydrogen) atoms. The molecule has 7 nitrogen and oxygen atoms in total. The van der Waals surface area contributed by atoms with E-state index in [-0.39, 0.29) is 11.8 Å². The van der Waals surface area contributed by atoms with Gasteiger partial charge in [0, 0.05) is 38.5 Å². The van der Waals surface area contributed by atoms with Crippen molar-refractivity contribution in [1.82, 2.24) is 24.6 Å². The van der Waals surface area contributed by atoms with Crippen LogP contribution in [-0.2, 0) is 4.79 Å². The molecule has 1 saturated heterocycles. The maximum absolute atomic E-state index is 12.1. The normalized spacial score (nSPS) is 15.2. The van der Waals surface area contributed by atoms with Crippen LogP contribution in [0.5, 0.6) is 0 Å². The zero-order chi connectivity index (χ0) is 20.4. The molecular weight excluding hydrogens is 364 g/mol. The predicted octanol–water partition coefficient (Wildman–Crippen LogP) is 3.39. The highest BCUT2D eigenvalue weighted by Gasteiger charge is 2.23. The average molecular weight is 393 g/mol. The van der Waals surface area contributed by atoms with Gasteiger partial charge >= 0.3 is 0 Å². The van der Waals surface area contributed by atoms with Crippen LogP contribution in [0, 0.1) is 0 Å². The lowest BCUT2D eigenvalue weighted by molar-refractivity contribution is -0.130. The number of hydrogen-bond donors (Lipinski definition) is 0. The Morgan fingerprint density at radius 3 is 2.59 bits per heavy atom. The first kappa shape index (κ1) is 19.4. The zero-order valence-corrected chi connectivity index (χ0v) is 17.4. The molecule has 152 valence electrons. The molecule has 0 radical (unpaired) electrons. The van der Waals surface area contributed by atoms with Crippen LogP contribution in [0.25, 0.3) is 16.7 Å². The van der Waals surface area contributed by atoms with Gasteiger partial charge in [-0.05, 0) is 18.6 Å². The largest absolute Gasteiger partial charge is 0.354 e. The van der Waals surface area contributed by atoms with Gasteiger partial charge in [-0.2, -0.15) is 5.10 Å². The van der Waals surface area contributed by atoms with Crippen molar-refractivity contribution in [3.05, 3.63) is 42.4 Å². The Morgan fingerprint density at radius 1 is 1.07 bits per heavy atom. The third-order valence-corrected chi connectivity index (χ3v) is 5.39. The van der Waals surface area contributed by atoms with Crippen molar-refractivity contribution < 1.29 is 4.79 Å². The van der Waals surface area contributed by atoms with Crippen LogP contribution >= 0.6 is 0 Å². The molecule has 3 heterocycles. The molecule has 0 atom stereocenters. The summed E-state index contributed by atoms with van der Waals surface area (Å²) in [4.78, 5) is 26.2. The maximum Gasteiger partial charge on any atom is 0.222 e.